The van der Waals surface area contributed by atoms with Gasteiger partial charge in [0.25, 0.3) is 0 Å². The van der Waals surface area contributed by atoms with Gasteiger partial charge in [-0.25, -0.2) is 0 Å². The minimum atomic E-state index is 0.452. The van der Waals surface area contributed by atoms with Crippen molar-refractivity contribution < 1.29 is 4.74 Å². The Labute approximate surface area is 132 Å². The normalized spacial score (nSPS) is 26.7. The second-order valence-electron chi connectivity index (χ2n) is 6.54. The summed E-state index contributed by atoms with van der Waals surface area (Å²) < 4.78 is 5.66. The lowest BCUT2D eigenvalue weighted by atomic mass is 9.85. The number of nitrogens with zero attached hydrogens (tertiary/aromatic N) is 2. The molecule has 0 aromatic carbocycles. The molecular formula is C17H28N2OS. The number of likely N-dealkylation sites (N-methyl/N-ethyl adjacent to an activating group) is 1. The van der Waals surface area contributed by atoms with Crippen LogP contribution in [0.2, 0.25) is 0 Å². The molecule has 2 aliphatic heterocycles. The number of piperidine rings is 1. The Morgan fingerprint density at radius 1 is 1.33 bits per heavy atom. The van der Waals surface area contributed by atoms with E-state index in [9.17, 15) is 0 Å². The molecule has 3 heterocycles. The van der Waals surface area contributed by atoms with Crippen LogP contribution in [0.4, 0.5) is 0 Å². The fourth-order valence-electron chi connectivity index (χ4n) is 3.99. The van der Waals surface area contributed by atoms with E-state index < -0.39 is 0 Å². The molecule has 3 rings (SSSR count). The van der Waals surface area contributed by atoms with Gasteiger partial charge in [-0.3, -0.25) is 9.80 Å². The van der Waals surface area contributed by atoms with Gasteiger partial charge in [-0.2, -0.15) is 0 Å². The molecule has 0 N–H and O–H groups in total. The minimum absolute atomic E-state index is 0.452. The maximum absolute atomic E-state index is 5.66. The van der Waals surface area contributed by atoms with Crippen molar-refractivity contribution in [2.75, 3.05) is 33.4 Å². The maximum atomic E-state index is 5.66. The fourth-order valence-corrected chi connectivity index (χ4v) is 4.74. The van der Waals surface area contributed by atoms with Gasteiger partial charge in [0, 0.05) is 42.7 Å². The highest BCUT2D eigenvalue weighted by Crippen LogP contribution is 2.40. The third-order valence-electron chi connectivity index (χ3n) is 5.50. The second kappa shape index (κ2) is 6.78. The molecule has 1 aromatic rings. The van der Waals surface area contributed by atoms with Crippen molar-refractivity contribution in [2.45, 2.75) is 50.7 Å². The summed E-state index contributed by atoms with van der Waals surface area (Å²) in [5.74, 6) is 0. The largest absolute Gasteiger partial charge is 0.380 e. The van der Waals surface area contributed by atoms with Crippen molar-refractivity contribution in [1.82, 2.24) is 9.80 Å². The van der Waals surface area contributed by atoms with Gasteiger partial charge in [0.2, 0.25) is 0 Å². The predicted molar refractivity (Wildman–Crippen MR) is 88.8 cm³/mol. The Bertz CT molecular complexity index is 426. The smallest absolute Gasteiger partial charge is 0.0621 e. The second-order valence-corrected chi connectivity index (χ2v) is 7.57. The number of thiophene rings is 1. The van der Waals surface area contributed by atoms with Crippen LogP contribution in [0.1, 0.15) is 37.5 Å². The molecule has 118 valence electrons. The summed E-state index contributed by atoms with van der Waals surface area (Å²) in [7, 11) is 2.33. The Morgan fingerprint density at radius 3 is 2.81 bits per heavy atom. The SMILES string of the molecule is CCOC[C@@H]1CCC2(CCN(Cc3cccs3)CC2)N1C. The summed E-state index contributed by atoms with van der Waals surface area (Å²) in [5.41, 5.74) is 0.452. The molecule has 0 saturated carbocycles. The van der Waals surface area contributed by atoms with E-state index in [1.54, 1.807) is 0 Å². The van der Waals surface area contributed by atoms with Crippen LogP contribution in [0.25, 0.3) is 0 Å². The molecule has 0 bridgehead atoms. The molecule has 1 spiro atoms. The van der Waals surface area contributed by atoms with E-state index in [4.69, 9.17) is 4.74 Å². The van der Waals surface area contributed by atoms with E-state index in [0.29, 0.717) is 11.6 Å². The molecule has 1 atom stereocenters. The topological polar surface area (TPSA) is 15.7 Å². The lowest BCUT2D eigenvalue weighted by molar-refractivity contribution is 0.0207. The van der Waals surface area contributed by atoms with Crippen molar-refractivity contribution in [1.29, 1.82) is 0 Å². The van der Waals surface area contributed by atoms with Crippen molar-refractivity contribution in [2.24, 2.45) is 0 Å². The Morgan fingerprint density at radius 2 is 2.14 bits per heavy atom. The van der Waals surface area contributed by atoms with E-state index in [2.05, 4.69) is 41.3 Å². The van der Waals surface area contributed by atoms with Gasteiger partial charge in [0.15, 0.2) is 0 Å². The third kappa shape index (κ3) is 3.34. The average molecular weight is 308 g/mol. The number of likely N-dealkylation sites (tertiary alicyclic amines) is 2. The molecule has 21 heavy (non-hydrogen) atoms. The molecule has 3 nitrogen and oxygen atoms in total. The Balaban J connectivity index is 1.52. The summed E-state index contributed by atoms with van der Waals surface area (Å²) in [5, 5.41) is 2.18. The van der Waals surface area contributed by atoms with Crippen molar-refractivity contribution in [3.63, 3.8) is 0 Å². The van der Waals surface area contributed by atoms with E-state index in [1.165, 1.54) is 43.6 Å². The molecule has 2 aliphatic rings. The van der Waals surface area contributed by atoms with Crippen molar-refractivity contribution >= 4 is 11.3 Å². The first-order valence-electron chi connectivity index (χ1n) is 8.29. The van der Waals surface area contributed by atoms with Crippen LogP contribution in [-0.2, 0) is 11.3 Å². The summed E-state index contributed by atoms with van der Waals surface area (Å²) in [6.07, 6.45) is 5.30. The lowest BCUT2D eigenvalue weighted by Gasteiger charge is -2.45. The highest BCUT2D eigenvalue weighted by atomic mass is 32.1. The quantitative estimate of drug-likeness (QED) is 0.831. The molecule has 2 saturated heterocycles. The summed E-state index contributed by atoms with van der Waals surface area (Å²) in [4.78, 5) is 6.77. The van der Waals surface area contributed by atoms with Crippen LogP contribution in [0.15, 0.2) is 17.5 Å². The van der Waals surface area contributed by atoms with Crippen LogP contribution in [-0.4, -0.2) is 54.7 Å². The zero-order valence-electron chi connectivity index (χ0n) is 13.4. The summed E-state index contributed by atoms with van der Waals surface area (Å²) >= 11 is 1.88. The number of ether oxygens (including phenoxy) is 1. The molecule has 0 unspecified atom stereocenters. The number of rotatable bonds is 5. The van der Waals surface area contributed by atoms with E-state index in [0.717, 1.165) is 19.8 Å². The zero-order valence-corrected chi connectivity index (χ0v) is 14.2. The van der Waals surface area contributed by atoms with Gasteiger partial charge >= 0.3 is 0 Å². The molecule has 2 fully saturated rings. The van der Waals surface area contributed by atoms with Crippen LogP contribution in [0, 0.1) is 0 Å². The fraction of sp³-hybridized carbons (Fsp3) is 0.765. The zero-order chi connectivity index (χ0) is 14.7. The average Bonchev–Trinajstić information content (AvgIpc) is 3.11. The van der Waals surface area contributed by atoms with Crippen LogP contribution in [0.5, 0.6) is 0 Å². The summed E-state index contributed by atoms with van der Waals surface area (Å²) in [6.45, 7) is 7.46. The van der Waals surface area contributed by atoms with E-state index >= 15 is 0 Å². The minimum Gasteiger partial charge on any atom is -0.380 e. The molecular weight excluding hydrogens is 280 g/mol. The highest BCUT2D eigenvalue weighted by Gasteiger charge is 2.45. The monoisotopic (exact) mass is 308 g/mol. The van der Waals surface area contributed by atoms with Crippen molar-refractivity contribution in [3.05, 3.63) is 22.4 Å². The first-order valence-corrected chi connectivity index (χ1v) is 9.17. The number of hydrogen-bond acceptors (Lipinski definition) is 4. The van der Waals surface area contributed by atoms with Crippen molar-refractivity contribution in [3.8, 4) is 0 Å². The first-order chi connectivity index (χ1) is 10.2. The van der Waals surface area contributed by atoms with Gasteiger partial charge in [-0.15, -0.1) is 11.3 Å². The van der Waals surface area contributed by atoms with Gasteiger partial charge in [0.05, 0.1) is 6.61 Å². The lowest BCUT2D eigenvalue weighted by Crippen LogP contribution is -2.52. The van der Waals surface area contributed by atoms with Gasteiger partial charge in [-0.1, -0.05) is 6.07 Å². The molecule has 0 radical (unpaired) electrons. The Hall–Kier alpha value is -0.420. The van der Waals surface area contributed by atoms with Crippen LogP contribution in [0.3, 0.4) is 0 Å². The van der Waals surface area contributed by atoms with E-state index in [-0.39, 0.29) is 0 Å². The standard InChI is InChI=1S/C17H28N2OS/c1-3-20-14-15-6-7-17(18(15)2)8-10-19(11-9-17)13-16-5-4-12-21-16/h4-5,12,15H,3,6-11,13-14H2,1-2H3/t15-/m0/s1. The predicted octanol–water partition coefficient (Wildman–Crippen LogP) is 3.21. The summed E-state index contributed by atoms with van der Waals surface area (Å²) in [6, 6.07) is 5.05. The van der Waals surface area contributed by atoms with Gasteiger partial charge in [-0.05, 0) is 51.1 Å². The maximum Gasteiger partial charge on any atom is 0.0621 e. The first kappa shape index (κ1) is 15.5. The van der Waals surface area contributed by atoms with Crippen LogP contribution >= 0.6 is 11.3 Å². The molecule has 0 aliphatic carbocycles. The van der Waals surface area contributed by atoms with Gasteiger partial charge < -0.3 is 4.74 Å². The van der Waals surface area contributed by atoms with Crippen LogP contribution < -0.4 is 0 Å². The highest BCUT2D eigenvalue weighted by molar-refractivity contribution is 7.09. The number of hydrogen-bond donors (Lipinski definition) is 0. The third-order valence-corrected chi connectivity index (χ3v) is 6.36. The van der Waals surface area contributed by atoms with E-state index in [1.807, 2.05) is 11.3 Å². The Kier molecular flexibility index (Phi) is 4.99. The molecule has 4 heteroatoms. The molecule has 0 amide bonds. The van der Waals surface area contributed by atoms with Gasteiger partial charge in [0.1, 0.15) is 0 Å². The molecule has 1 aromatic heterocycles.